The summed E-state index contributed by atoms with van der Waals surface area (Å²) in [7, 11) is 1.55. The van der Waals surface area contributed by atoms with Crippen LogP contribution in [0.2, 0.25) is 5.02 Å². The van der Waals surface area contributed by atoms with Crippen molar-refractivity contribution in [2.45, 2.75) is 32.2 Å². The molecule has 0 aromatic heterocycles. The van der Waals surface area contributed by atoms with Gasteiger partial charge in [-0.05, 0) is 43.2 Å². The van der Waals surface area contributed by atoms with E-state index in [-0.39, 0.29) is 24.4 Å². The van der Waals surface area contributed by atoms with Crippen LogP contribution in [0.15, 0.2) is 12.1 Å². The molecular formula is C18H26Cl2N2O3. The fourth-order valence-corrected chi connectivity index (χ4v) is 4.11. The molecule has 1 amide bonds. The van der Waals surface area contributed by atoms with Crippen LogP contribution < -0.4 is 15.2 Å². The maximum Gasteiger partial charge on any atom is 0.254 e. The first-order valence-corrected chi connectivity index (χ1v) is 8.98. The number of nitrogens with zero attached hydrogens (tertiary/aromatic N) is 1. The minimum atomic E-state index is -0.0150. The van der Waals surface area contributed by atoms with Crippen molar-refractivity contribution in [3.8, 4) is 11.5 Å². The molecule has 0 spiro atoms. The van der Waals surface area contributed by atoms with Gasteiger partial charge in [0.25, 0.3) is 5.91 Å². The van der Waals surface area contributed by atoms with Crippen molar-refractivity contribution in [3.63, 3.8) is 0 Å². The summed E-state index contributed by atoms with van der Waals surface area (Å²) in [5.74, 6) is 1.94. The van der Waals surface area contributed by atoms with Crippen LogP contribution in [0.5, 0.6) is 11.5 Å². The summed E-state index contributed by atoms with van der Waals surface area (Å²) >= 11 is 6.32. The number of amides is 1. The van der Waals surface area contributed by atoms with Gasteiger partial charge in [0, 0.05) is 24.7 Å². The highest BCUT2D eigenvalue weighted by Gasteiger charge is 2.42. The summed E-state index contributed by atoms with van der Waals surface area (Å²) in [5.41, 5.74) is 6.70. The minimum Gasteiger partial charge on any atom is -0.493 e. The van der Waals surface area contributed by atoms with Crippen LogP contribution in [-0.2, 0) is 0 Å². The fourth-order valence-electron chi connectivity index (χ4n) is 3.84. The summed E-state index contributed by atoms with van der Waals surface area (Å²) in [6.07, 6.45) is 3.06. The summed E-state index contributed by atoms with van der Waals surface area (Å²) in [6, 6.07) is 3.61. The summed E-state index contributed by atoms with van der Waals surface area (Å²) in [6.45, 7) is 4.09. The summed E-state index contributed by atoms with van der Waals surface area (Å²) in [5, 5.41) is 0.405. The molecule has 2 N–H and O–H groups in total. The van der Waals surface area contributed by atoms with Gasteiger partial charge < -0.3 is 20.1 Å². The van der Waals surface area contributed by atoms with Gasteiger partial charge in [-0.3, -0.25) is 4.79 Å². The Kier molecular flexibility index (Phi) is 6.83. The van der Waals surface area contributed by atoms with Crippen LogP contribution in [0.4, 0.5) is 0 Å². The molecule has 25 heavy (non-hydrogen) atoms. The van der Waals surface area contributed by atoms with Gasteiger partial charge in [-0.2, -0.15) is 0 Å². The number of hydrogen-bond acceptors (Lipinski definition) is 4. The second kappa shape index (κ2) is 8.47. The number of halogens is 2. The predicted molar refractivity (Wildman–Crippen MR) is 101 cm³/mol. The highest BCUT2D eigenvalue weighted by Crippen LogP contribution is 2.40. The van der Waals surface area contributed by atoms with E-state index in [0.29, 0.717) is 40.5 Å². The number of carbonyl (C=O) groups is 1. The average molecular weight is 389 g/mol. The van der Waals surface area contributed by atoms with Crippen molar-refractivity contribution in [2.24, 2.45) is 17.6 Å². The molecule has 140 valence electrons. The zero-order chi connectivity index (χ0) is 17.3. The highest BCUT2D eigenvalue weighted by molar-refractivity contribution is 6.32. The van der Waals surface area contributed by atoms with Gasteiger partial charge in [-0.15, -0.1) is 12.4 Å². The number of likely N-dealkylation sites (tertiary alicyclic amines) is 1. The zero-order valence-corrected chi connectivity index (χ0v) is 16.2. The molecule has 2 aliphatic rings. The Balaban J connectivity index is 0.00000225. The predicted octanol–water partition coefficient (Wildman–Crippen LogP) is 3.37. The molecule has 1 aliphatic carbocycles. The first kappa shape index (κ1) is 20.1. The third-order valence-corrected chi connectivity index (χ3v) is 5.41. The molecule has 3 rings (SSSR count). The first-order chi connectivity index (χ1) is 11.5. The molecule has 1 saturated carbocycles. The third kappa shape index (κ3) is 3.99. The number of benzene rings is 1. The lowest BCUT2D eigenvalue weighted by Gasteiger charge is -2.20. The molecule has 1 heterocycles. The number of rotatable bonds is 5. The molecular weight excluding hydrogens is 363 g/mol. The van der Waals surface area contributed by atoms with E-state index in [1.165, 1.54) is 0 Å². The molecule has 0 radical (unpaired) electrons. The van der Waals surface area contributed by atoms with Crippen LogP contribution in [0.1, 0.15) is 36.5 Å². The number of methoxy groups -OCH3 is 1. The molecule has 3 unspecified atom stereocenters. The smallest absolute Gasteiger partial charge is 0.254 e. The molecule has 3 atom stereocenters. The summed E-state index contributed by atoms with van der Waals surface area (Å²) in [4.78, 5) is 14.8. The molecule has 1 aliphatic heterocycles. The highest BCUT2D eigenvalue weighted by atomic mass is 35.5. The molecule has 1 saturated heterocycles. The average Bonchev–Trinajstić information content (AvgIpc) is 3.14. The van der Waals surface area contributed by atoms with Crippen LogP contribution >= 0.6 is 24.0 Å². The number of ether oxygens (including phenoxy) is 2. The van der Waals surface area contributed by atoms with Gasteiger partial charge in [-0.25, -0.2) is 0 Å². The molecule has 1 aromatic rings. The van der Waals surface area contributed by atoms with Gasteiger partial charge >= 0.3 is 0 Å². The maximum atomic E-state index is 12.9. The van der Waals surface area contributed by atoms with Gasteiger partial charge in [0.1, 0.15) is 0 Å². The lowest BCUT2D eigenvalue weighted by atomic mass is 9.98. The van der Waals surface area contributed by atoms with E-state index in [4.69, 9.17) is 26.8 Å². The van der Waals surface area contributed by atoms with Crippen molar-refractivity contribution in [2.75, 3.05) is 26.8 Å². The number of carbonyl (C=O) groups excluding carboxylic acids is 1. The standard InChI is InChI=1S/C18H25ClN2O3.ClH/c1-3-6-24-17-14(19)7-12(8-16(17)23-2)18(22)21-9-11-4-5-15(20)13(11)10-21;/h7-8,11,13,15H,3-6,9-10,20H2,1-2H3;1H. The Hall–Kier alpha value is -1.17. The van der Waals surface area contributed by atoms with Gasteiger partial charge in [0.15, 0.2) is 11.5 Å². The van der Waals surface area contributed by atoms with E-state index in [1.54, 1.807) is 19.2 Å². The largest absolute Gasteiger partial charge is 0.493 e. The van der Waals surface area contributed by atoms with E-state index >= 15 is 0 Å². The lowest BCUT2D eigenvalue weighted by molar-refractivity contribution is 0.0779. The first-order valence-electron chi connectivity index (χ1n) is 8.60. The monoisotopic (exact) mass is 388 g/mol. The Morgan fingerprint density at radius 3 is 2.76 bits per heavy atom. The van der Waals surface area contributed by atoms with Crippen LogP contribution in [0.25, 0.3) is 0 Å². The van der Waals surface area contributed by atoms with Crippen LogP contribution in [-0.4, -0.2) is 43.7 Å². The number of fused-ring (bicyclic) bond motifs is 1. The summed E-state index contributed by atoms with van der Waals surface area (Å²) < 4.78 is 11.0. The van der Waals surface area contributed by atoms with E-state index in [0.717, 1.165) is 32.4 Å². The Morgan fingerprint density at radius 1 is 1.36 bits per heavy atom. The zero-order valence-electron chi connectivity index (χ0n) is 14.7. The second-order valence-corrected chi connectivity index (χ2v) is 7.12. The number of hydrogen-bond donors (Lipinski definition) is 1. The minimum absolute atomic E-state index is 0. The Morgan fingerprint density at radius 2 is 2.12 bits per heavy atom. The Labute approximate surface area is 160 Å². The van der Waals surface area contributed by atoms with Gasteiger partial charge in [-0.1, -0.05) is 18.5 Å². The van der Waals surface area contributed by atoms with E-state index in [9.17, 15) is 4.79 Å². The quantitative estimate of drug-likeness (QED) is 0.839. The second-order valence-electron chi connectivity index (χ2n) is 6.71. The van der Waals surface area contributed by atoms with Crippen molar-refractivity contribution >= 4 is 29.9 Å². The molecule has 1 aromatic carbocycles. The van der Waals surface area contributed by atoms with Crippen molar-refractivity contribution in [1.82, 2.24) is 4.90 Å². The van der Waals surface area contributed by atoms with Crippen molar-refractivity contribution in [1.29, 1.82) is 0 Å². The molecule has 5 nitrogen and oxygen atoms in total. The van der Waals surface area contributed by atoms with Crippen LogP contribution in [0, 0.1) is 11.8 Å². The van der Waals surface area contributed by atoms with E-state index in [2.05, 4.69) is 0 Å². The molecule has 2 fully saturated rings. The fraction of sp³-hybridized carbons (Fsp3) is 0.611. The maximum absolute atomic E-state index is 12.9. The normalized spacial score (nSPS) is 24.6. The van der Waals surface area contributed by atoms with E-state index < -0.39 is 0 Å². The van der Waals surface area contributed by atoms with Gasteiger partial charge in [0.2, 0.25) is 0 Å². The number of nitrogens with two attached hydrogens (primary N) is 1. The molecule has 0 bridgehead atoms. The lowest BCUT2D eigenvalue weighted by Crippen LogP contribution is -2.33. The molecule has 7 heteroatoms. The SMILES string of the molecule is CCCOc1c(Cl)cc(C(=O)N2CC3CCC(N)C3C2)cc1OC.Cl. The third-order valence-electron chi connectivity index (χ3n) is 5.13. The van der Waals surface area contributed by atoms with Crippen molar-refractivity contribution < 1.29 is 14.3 Å². The van der Waals surface area contributed by atoms with Gasteiger partial charge in [0.05, 0.1) is 18.7 Å². The van der Waals surface area contributed by atoms with Crippen molar-refractivity contribution in [3.05, 3.63) is 22.7 Å². The topological polar surface area (TPSA) is 64.8 Å². The Bertz CT molecular complexity index is 627. The van der Waals surface area contributed by atoms with Crippen LogP contribution in [0.3, 0.4) is 0 Å². The van der Waals surface area contributed by atoms with E-state index in [1.807, 2.05) is 11.8 Å².